The molecule has 114 valence electrons. The van der Waals surface area contributed by atoms with Crippen LogP contribution in [0.4, 0.5) is 4.79 Å². The summed E-state index contributed by atoms with van der Waals surface area (Å²) >= 11 is 0. The molecule has 0 aromatic heterocycles. The van der Waals surface area contributed by atoms with Crippen LogP contribution in [0.1, 0.15) is 26.3 Å². The molecule has 21 heavy (non-hydrogen) atoms. The van der Waals surface area contributed by atoms with E-state index in [2.05, 4.69) is 17.2 Å². The molecule has 0 radical (unpaired) electrons. The highest BCUT2D eigenvalue weighted by atomic mass is 16.6. The number of amides is 1. The third-order valence-electron chi connectivity index (χ3n) is 2.35. The lowest BCUT2D eigenvalue weighted by Gasteiger charge is -2.19. The van der Waals surface area contributed by atoms with E-state index in [0.29, 0.717) is 17.1 Å². The molecular formula is C16H21NO4. The number of hydrogen-bond donors (Lipinski definition) is 1. The second-order valence-electron chi connectivity index (χ2n) is 5.22. The molecule has 0 fully saturated rings. The summed E-state index contributed by atoms with van der Waals surface area (Å²) in [7, 11) is 3.16. The van der Waals surface area contributed by atoms with Crippen LogP contribution < -0.4 is 14.8 Å². The number of rotatable bonds is 3. The van der Waals surface area contributed by atoms with E-state index in [9.17, 15) is 4.79 Å². The van der Waals surface area contributed by atoms with Gasteiger partial charge < -0.3 is 19.5 Å². The van der Waals surface area contributed by atoms with Gasteiger partial charge in [0.2, 0.25) is 0 Å². The molecule has 5 heteroatoms. The SMILES string of the molecule is COc1ccc(OC)c(C#CCNC(=O)OC(C)(C)C)c1. The van der Waals surface area contributed by atoms with Crippen LogP contribution in [0.25, 0.3) is 0 Å². The second-order valence-corrected chi connectivity index (χ2v) is 5.22. The molecule has 0 aliphatic heterocycles. The summed E-state index contributed by atoms with van der Waals surface area (Å²) in [5, 5.41) is 2.57. The van der Waals surface area contributed by atoms with Crippen molar-refractivity contribution in [2.75, 3.05) is 20.8 Å². The Bertz CT molecular complexity index is 550. The fourth-order valence-electron chi connectivity index (χ4n) is 1.48. The van der Waals surface area contributed by atoms with E-state index in [4.69, 9.17) is 14.2 Å². The van der Waals surface area contributed by atoms with Crippen molar-refractivity contribution in [3.05, 3.63) is 23.8 Å². The minimum Gasteiger partial charge on any atom is -0.497 e. The van der Waals surface area contributed by atoms with Crippen molar-refractivity contribution in [1.29, 1.82) is 0 Å². The summed E-state index contributed by atoms with van der Waals surface area (Å²) in [5.41, 5.74) is 0.177. The molecule has 1 rings (SSSR count). The van der Waals surface area contributed by atoms with Crippen molar-refractivity contribution in [2.45, 2.75) is 26.4 Å². The summed E-state index contributed by atoms with van der Waals surface area (Å²) in [4.78, 5) is 11.4. The lowest BCUT2D eigenvalue weighted by atomic mass is 10.2. The predicted octanol–water partition coefficient (Wildman–Crippen LogP) is 2.58. The Kier molecular flexibility index (Phi) is 5.92. The summed E-state index contributed by atoms with van der Waals surface area (Å²) in [6.45, 7) is 5.60. The molecule has 0 unspecified atom stereocenters. The van der Waals surface area contributed by atoms with Crippen molar-refractivity contribution in [3.8, 4) is 23.3 Å². The van der Waals surface area contributed by atoms with E-state index >= 15 is 0 Å². The smallest absolute Gasteiger partial charge is 0.408 e. The van der Waals surface area contributed by atoms with Gasteiger partial charge in [0.25, 0.3) is 0 Å². The number of carbonyl (C=O) groups excluding carboxylic acids is 1. The normalized spacial score (nSPS) is 10.1. The lowest BCUT2D eigenvalue weighted by molar-refractivity contribution is 0.0535. The van der Waals surface area contributed by atoms with Gasteiger partial charge in [-0.1, -0.05) is 11.8 Å². The first-order chi connectivity index (χ1) is 9.85. The zero-order valence-electron chi connectivity index (χ0n) is 13.1. The van der Waals surface area contributed by atoms with Crippen molar-refractivity contribution < 1.29 is 19.0 Å². The highest BCUT2D eigenvalue weighted by Crippen LogP contribution is 2.22. The van der Waals surface area contributed by atoms with Crippen LogP contribution in [0.15, 0.2) is 18.2 Å². The van der Waals surface area contributed by atoms with Crippen LogP contribution in [0.2, 0.25) is 0 Å². The van der Waals surface area contributed by atoms with Gasteiger partial charge in [0.15, 0.2) is 0 Å². The van der Waals surface area contributed by atoms with Crippen LogP contribution in [0.5, 0.6) is 11.5 Å². The highest BCUT2D eigenvalue weighted by Gasteiger charge is 2.15. The summed E-state index contributed by atoms with van der Waals surface area (Å²) < 4.78 is 15.5. The highest BCUT2D eigenvalue weighted by molar-refractivity contribution is 5.68. The molecule has 1 N–H and O–H groups in total. The Morgan fingerprint density at radius 2 is 1.95 bits per heavy atom. The Morgan fingerprint density at radius 1 is 1.24 bits per heavy atom. The molecule has 0 aliphatic rings. The quantitative estimate of drug-likeness (QED) is 0.870. The van der Waals surface area contributed by atoms with Gasteiger partial charge in [0, 0.05) is 0 Å². The van der Waals surface area contributed by atoms with Gasteiger partial charge in [-0.15, -0.1) is 0 Å². The molecule has 0 atom stereocenters. The number of methoxy groups -OCH3 is 2. The molecule has 5 nitrogen and oxygen atoms in total. The Morgan fingerprint density at radius 3 is 2.52 bits per heavy atom. The number of nitrogens with one attached hydrogen (secondary N) is 1. The minimum absolute atomic E-state index is 0.190. The summed E-state index contributed by atoms with van der Waals surface area (Å²) in [6, 6.07) is 5.35. The molecule has 0 spiro atoms. The standard InChI is InChI=1S/C16H21NO4/c1-16(2,3)21-15(18)17-10-6-7-12-11-13(19-4)8-9-14(12)20-5/h8-9,11H,10H2,1-5H3,(H,17,18). The topological polar surface area (TPSA) is 56.8 Å². The molecule has 0 saturated heterocycles. The van der Waals surface area contributed by atoms with Crippen LogP contribution in [0, 0.1) is 11.8 Å². The van der Waals surface area contributed by atoms with Gasteiger partial charge in [-0.2, -0.15) is 0 Å². The predicted molar refractivity (Wildman–Crippen MR) is 80.7 cm³/mol. The van der Waals surface area contributed by atoms with Gasteiger partial charge in [0.1, 0.15) is 17.1 Å². The Labute approximate surface area is 125 Å². The van der Waals surface area contributed by atoms with Crippen molar-refractivity contribution in [2.24, 2.45) is 0 Å². The molecular weight excluding hydrogens is 270 g/mol. The van der Waals surface area contributed by atoms with E-state index in [1.165, 1.54) is 0 Å². The van der Waals surface area contributed by atoms with Gasteiger partial charge in [-0.3, -0.25) is 0 Å². The average Bonchev–Trinajstić information content (AvgIpc) is 2.41. The first kappa shape index (κ1) is 16.7. The average molecular weight is 291 g/mol. The molecule has 1 aromatic rings. The minimum atomic E-state index is -0.520. The molecule has 1 aromatic carbocycles. The van der Waals surface area contributed by atoms with Crippen molar-refractivity contribution in [3.63, 3.8) is 0 Å². The molecule has 1 amide bonds. The maximum absolute atomic E-state index is 11.4. The van der Waals surface area contributed by atoms with Gasteiger partial charge in [-0.05, 0) is 39.0 Å². The number of benzene rings is 1. The maximum Gasteiger partial charge on any atom is 0.408 e. The summed E-state index contributed by atoms with van der Waals surface area (Å²) in [6.07, 6.45) is -0.491. The fraction of sp³-hybridized carbons (Fsp3) is 0.438. The lowest BCUT2D eigenvalue weighted by Crippen LogP contribution is -2.32. The van der Waals surface area contributed by atoms with Crippen LogP contribution in [-0.4, -0.2) is 32.5 Å². The van der Waals surface area contributed by atoms with Crippen molar-refractivity contribution >= 4 is 6.09 Å². The zero-order valence-corrected chi connectivity index (χ0v) is 13.1. The molecule has 0 heterocycles. The largest absolute Gasteiger partial charge is 0.497 e. The number of hydrogen-bond acceptors (Lipinski definition) is 4. The maximum atomic E-state index is 11.4. The van der Waals surface area contributed by atoms with E-state index in [1.807, 2.05) is 0 Å². The number of ether oxygens (including phenoxy) is 3. The third kappa shape index (κ3) is 6.09. The first-order valence-electron chi connectivity index (χ1n) is 6.53. The number of carbonyl (C=O) groups is 1. The first-order valence-corrected chi connectivity index (χ1v) is 6.53. The van der Waals surface area contributed by atoms with Gasteiger partial charge in [-0.25, -0.2) is 4.79 Å². The second kappa shape index (κ2) is 7.44. The van der Waals surface area contributed by atoms with E-state index in [0.717, 1.165) is 0 Å². The third-order valence-corrected chi connectivity index (χ3v) is 2.35. The van der Waals surface area contributed by atoms with Gasteiger partial charge >= 0.3 is 6.09 Å². The molecule has 0 saturated carbocycles. The van der Waals surface area contributed by atoms with E-state index in [1.54, 1.807) is 53.2 Å². The van der Waals surface area contributed by atoms with Crippen LogP contribution in [0.3, 0.4) is 0 Å². The Balaban J connectivity index is 2.64. The van der Waals surface area contributed by atoms with E-state index in [-0.39, 0.29) is 6.54 Å². The van der Waals surface area contributed by atoms with Crippen molar-refractivity contribution in [1.82, 2.24) is 5.32 Å². The number of alkyl carbamates (subject to hydrolysis) is 1. The monoisotopic (exact) mass is 291 g/mol. The van der Waals surface area contributed by atoms with Crippen LogP contribution >= 0.6 is 0 Å². The fourth-order valence-corrected chi connectivity index (χ4v) is 1.48. The van der Waals surface area contributed by atoms with Gasteiger partial charge in [0.05, 0.1) is 26.3 Å². The van der Waals surface area contributed by atoms with E-state index < -0.39 is 11.7 Å². The zero-order chi connectivity index (χ0) is 15.9. The summed E-state index contributed by atoms with van der Waals surface area (Å²) in [5.74, 6) is 7.13. The van der Waals surface area contributed by atoms with Crippen LogP contribution in [-0.2, 0) is 4.74 Å². The molecule has 0 aliphatic carbocycles. The molecule has 0 bridgehead atoms. The Hall–Kier alpha value is -2.35.